The Bertz CT molecular complexity index is 421. The molecule has 0 bridgehead atoms. The van der Waals surface area contributed by atoms with Crippen LogP contribution >= 0.6 is 11.8 Å². The van der Waals surface area contributed by atoms with E-state index in [2.05, 4.69) is 10.6 Å². The standard InChI is InChI=1S/C14H20N2O2S/c1-10(2)16-13(17)9-15-14(18)11(3)19-12-7-5-4-6-8-12/h4-8,10-11H,9H2,1-3H3,(H,15,18)(H,16,17)/t11-/m0/s1. The Morgan fingerprint density at radius 3 is 2.37 bits per heavy atom. The van der Waals surface area contributed by atoms with E-state index in [1.807, 2.05) is 51.1 Å². The van der Waals surface area contributed by atoms with E-state index in [0.717, 1.165) is 4.90 Å². The maximum absolute atomic E-state index is 11.8. The quantitative estimate of drug-likeness (QED) is 0.781. The van der Waals surface area contributed by atoms with E-state index in [1.165, 1.54) is 11.8 Å². The number of amides is 2. The monoisotopic (exact) mass is 280 g/mol. The van der Waals surface area contributed by atoms with E-state index in [9.17, 15) is 9.59 Å². The summed E-state index contributed by atoms with van der Waals surface area (Å²) in [5, 5.41) is 5.13. The van der Waals surface area contributed by atoms with Gasteiger partial charge in [0.15, 0.2) is 0 Å². The number of carbonyl (C=O) groups excluding carboxylic acids is 2. The molecule has 0 heterocycles. The summed E-state index contributed by atoms with van der Waals surface area (Å²) in [7, 11) is 0. The van der Waals surface area contributed by atoms with Crippen LogP contribution in [0.4, 0.5) is 0 Å². The van der Waals surface area contributed by atoms with Crippen molar-refractivity contribution < 1.29 is 9.59 Å². The van der Waals surface area contributed by atoms with Crippen molar-refractivity contribution in [2.45, 2.75) is 37.0 Å². The summed E-state index contributed by atoms with van der Waals surface area (Å²) in [6, 6.07) is 9.80. The molecule has 0 saturated heterocycles. The van der Waals surface area contributed by atoms with Crippen LogP contribution in [0.3, 0.4) is 0 Å². The second-order valence-corrected chi connectivity index (χ2v) is 5.93. The molecular weight excluding hydrogens is 260 g/mol. The minimum Gasteiger partial charge on any atom is -0.352 e. The lowest BCUT2D eigenvalue weighted by Gasteiger charge is -2.13. The third kappa shape index (κ3) is 6.29. The highest BCUT2D eigenvalue weighted by Crippen LogP contribution is 2.22. The van der Waals surface area contributed by atoms with Crippen LogP contribution in [0.25, 0.3) is 0 Å². The molecule has 0 aliphatic carbocycles. The Kier molecular flexibility index (Phi) is 6.42. The summed E-state index contributed by atoms with van der Waals surface area (Å²) in [5.74, 6) is -0.298. The zero-order chi connectivity index (χ0) is 14.3. The van der Waals surface area contributed by atoms with Gasteiger partial charge in [-0.2, -0.15) is 0 Å². The molecule has 2 amide bonds. The highest BCUT2D eigenvalue weighted by atomic mass is 32.2. The van der Waals surface area contributed by atoms with Crippen LogP contribution in [0.1, 0.15) is 20.8 Å². The number of hydrogen-bond donors (Lipinski definition) is 2. The zero-order valence-electron chi connectivity index (χ0n) is 11.5. The molecular formula is C14H20N2O2S. The van der Waals surface area contributed by atoms with Crippen molar-refractivity contribution in [2.75, 3.05) is 6.54 Å². The fourth-order valence-electron chi connectivity index (χ4n) is 1.44. The lowest BCUT2D eigenvalue weighted by Crippen LogP contribution is -2.41. The Labute approximate surface area is 118 Å². The maximum Gasteiger partial charge on any atom is 0.239 e. The average Bonchev–Trinajstić information content (AvgIpc) is 2.36. The smallest absolute Gasteiger partial charge is 0.239 e. The van der Waals surface area contributed by atoms with Gasteiger partial charge in [0.1, 0.15) is 0 Å². The topological polar surface area (TPSA) is 58.2 Å². The molecule has 0 spiro atoms. The van der Waals surface area contributed by atoms with Crippen molar-refractivity contribution in [3.8, 4) is 0 Å². The van der Waals surface area contributed by atoms with Gasteiger partial charge in [-0.25, -0.2) is 0 Å². The first-order valence-corrected chi connectivity index (χ1v) is 7.15. The van der Waals surface area contributed by atoms with Crippen molar-refractivity contribution in [3.63, 3.8) is 0 Å². The summed E-state index contributed by atoms with van der Waals surface area (Å²) in [6.07, 6.45) is 0. The van der Waals surface area contributed by atoms with Crippen LogP contribution in [0.2, 0.25) is 0 Å². The van der Waals surface area contributed by atoms with Gasteiger partial charge in [0.25, 0.3) is 0 Å². The van der Waals surface area contributed by atoms with Crippen LogP contribution < -0.4 is 10.6 Å². The Morgan fingerprint density at radius 1 is 1.16 bits per heavy atom. The fourth-order valence-corrected chi connectivity index (χ4v) is 2.35. The molecule has 1 atom stereocenters. The van der Waals surface area contributed by atoms with Crippen LogP contribution in [-0.2, 0) is 9.59 Å². The summed E-state index contributed by atoms with van der Waals surface area (Å²) in [6.45, 7) is 5.62. The van der Waals surface area contributed by atoms with Crippen LogP contribution in [-0.4, -0.2) is 29.7 Å². The summed E-state index contributed by atoms with van der Waals surface area (Å²) >= 11 is 1.47. The molecule has 0 aliphatic rings. The number of rotatable bonds is 6. The second-order valence-electron chi connectivity index (χ2n) is 4.51. The maximum atomic E-state index is 11.8. The Balaban J connectivity index is 2.35. The molecule has 0 saturated carbocycles. The number of thioether (sulfide) groups is 1. The highest BCUT2D eigenvalue weighted by molar-refractivity contribution is 8.00. The van der Waals surface area contributed by atoms with E-state index >= 15 is 0 Å². The van der Waals surface area contributed by atoms with Crippen LogP contribution in [0, 0.1) is 0 Å². The van der Waals surface area contributed by atoms with Crippen molar-refractivity contribution in [1.29, 1.82) is 0 Å². The molecule has 1 rings (SSSR count). The van der Waals surface area contributed by atoms with E-state index in [0.29, 0.717) is 0 Å². The molecule has 0 fully saturated rings. The Morgan fingerprint density at radius 2 is 1.79 bits per heavy atom. The minimum absolute atomic E-state index is 0.0245. The molecule has 2 N–H and O–H groups in total. The van der Waals surface area contributed by atoms with Crippen LogP contribution in [0.15, 0.2) is 35.2 Å². The first-order chi connectivity index (χ1) is 8.99. The van der Waals surface area contributed by atoms with Crippen LogP contribution in [0.5, 0.6) is 0 Å². The normalized spacial score (nSPS) is 12.0. The number of hydrogen-bond acceptors (Lipinski definition) is 3. The van der Waals surface area contributed by atoms with Crippen molar-refractivity contribution >= 4 is 23.6 Å². The SMILES string of the molecule is CC(C)NC(=O)CNC(=O)[C@H](C)Sc1ccccc1. The summed E-state index contributed by atoms with van der Waals surface area (Å²) < 4.78 is 0. The molecule has 5 heteroatoms. The molecule has 0 unspecified atom stereocenters. The lowest BCUT2D eigenvalue weighted by molar-refractivity contribution is -0.125. The van der Waals surface area contributed by atoms with Crippen molar-refractivity contribution in [3.05, 3.63) is 30.3 Å². The molecule has 104 valence electrons. The molecule has 0 aliphatic heterocycles. The molecule has 0 aromatic heterocycles. The van der Waals surface area contributed by atoms with Gasteiger partial charge in [-0.1, -0.05) is 18.2 Å². The largest absolute Gasteiger partial charge is 0.352 e. The highest BCUT2D eigenvalue weighted by Gasteiger charge is 2.15. The second kappa shape index (κ2) is 7.84. The van der Waals surface area contributed by atoms with Gasteiger partial charge in [0.05, 0.1) is 11.8 Å². The molecule has 19 heavy (non-hydrogen) atoms. The first-order valence-electron chi connectivity index (χ1n) is 6.28. The van der Waals surface area contributed by atoms with E-state index in [1.54, 1.807) is 0 Å². The molecule has 1 aromatic carbocycles. The molecule has 0 radical (unpaired) electrons. The zero-order valence-corrected chi connectivity index (χ0v) is 12.3. The predicted octanol–water partition coefficient (Wildman–Crippen LogP) is 1.81. The first kappa shape index (κ1) is 15.6. The number of benzene rings is 1. The van der Waals surface area contributed by atoms with E-state index < -0.39 is 0 Å². The lowest BCUT2D eigenvalue weighted by atomic mass is 10.4. The van der Waals surface area contributed by atoms with Crippen molar-refractivity contribution in [2.24, 2.45) is 0 Å². The predicted molar refractivity (Wildman–Crippen MR) is 78.0 cm³/mol. The van der Waals surface area contributed by atoms with Gasteiger partial charge in [0, 0.05) is 10.9 Å². The van der Waals surface area contributed by atoms with Gasteiger partial charge in [-0.3, -0.25) is 9.59 Å². The number of carbonyl (C=O) groups is 2. The average molecular weight is 280 g/mol. The summed E-state index contributed by atoms with van der Waals surface area (Å²) in [4.78, 5) is 24.3. The fraction of sp³-hybridized carbons (Fsp3) is 0.429. The minimum atomic E-state index is -0.228. The molecule has 4 nitrogen and oxygen atoms in total. The number of nitrogens with one attached hydrogen (secondary N) is 2. The summed E-state index contributed by atoms with van der Waals surface area (Å²) in [5.41, 5.74) is 0. The molecule has 1 aromatic rings. The third-order valence-corrected chi connectivity index (χ3v) is 3.41. The van der Waals surface area contributed by atoms with E-state index in [-0.39, 0.29) is 29.7 Å². The third-order valence-electron chi connectivity index (χ3n) is 2.30. The van der Waals surface area contributed by atoms with Gasteiger partial charge < -0.3 is 10.6 Å². The Hall–Kier alpha value is -1.49. The van der Waals surface area contributed by atoms with Crippen molar-refractivity contribution in [1.82, 2.24) is 10.6 Å². The van der Waals surface area contributed by atoms with Gasteiger partial charge in [0.2, 0.25) is 11.8 Å². The van der Waals surface area contributed by atoms with Gasteiger partial charge >= 0.3 is 0 Å². The van der Waals surface area contributed by atoms with Gasteiger partial charge in [-0.15, -0.1) is 11.8 Å². The van der Waals surface area contributed by atoms with E-state index in [4.69, 9.17) is 0 Å². The van der Waals surface area contributed by atoms with Gasteiger partial charge in [-0.05, 0) is 32.9 Å².